The van der Waals surface area contributed by atoms with Crippen LogP contribution in [0, 0.1) is 5.82 Å². The Balaban J connectivity index is 2.23. The molecule has 1 N–H and O–H groups in total. The first-order chi connectivity index (χ1) is 10.2. The highest BCUT2D eigenvalue weighted by atomic mass is 19.1. The van der Waals surface area contributed by atoms with Crippen LogP contribution in [0.3, 0.4) is 0 Å². The van der Waals surface area contributed by atoms with Crippen molar-refractivity contribution in [2.45, 2.75) is 45.4 Å². The van der Waals surface area contributed by atoms with E-state index >= 15 is 0 Å². The summed E-state index contributed by atoms with van der Waals surface area (Å²) in [7, 11) is -0.764. The second-order valence-corrected chi connectivity index (χ2v) is 6.33. The summed E-state index contributed by atoms with van der Waals surface area (Å²) in [5, 5.41) is 2.56. The van der Waals surface area contributed by atoms with Crippen molar-refractivity contribution in [2.24, 2.45) is 0 Å². The van der Waals surface area contributed by atoms with Crippen LogP contribution in [0.1, 0.15) is 33.3 Å². The van der Waals surface area contributed by atoms with Gasteiger partial charge in [-0.25, -0.2) is 4.39 Å². The topological polar surface area (TPSA) is 47.6 Å². The molecule has 1 aliphatic heterocycles. The van der Waals surface area contributed by atoms with Crippen molar-refractivity contribution in [3.63, 3.8) is 0 Å². The average Bonchev–Trinajstić information content (AvgIpc) is 2.65. The molecule has 1 amide bonds. The molecular weight excluding hydrogens is 284 g/mol. The third kappa shape index (κ3) is 3.08. The number of hydrogen-bond acceptors (Lipinski definition) is 3. The van der Waals surface area contributed by atoms with Gasteiger partial charge in [-0.2, -0.15) is 0 Å². The smallest absolute Gasteiger partial charge is 0.399 e. The van der Waals surface area contributed by atoms with Gasteiger partial charge in [-0.3, -0.25) is 4.79 Å². The highest BCUT2D eigenvalue weighted by molar-refractivity contribution is 6.62. The van der Waals surface area contributed by atoms with Gasteiger partial charge in [0.25, 0.3) is 0 Å². The van der Waals surface area contributed by atoms with E-state index in [9.17, 15) is 9.18 Å². The van der Waals surface area contributed by atoms with Crippen LogP contribution < -0.4 is 10.8 Å². The molecule has 1 fully saturated rings. The van der Waals surface area contributed by atoms with Crippen molar-refractivity contribution < 1.29 is 18.5 Å². The number of nitrogens with one attached hydrogen (secondary N) is 1. The predicted octanol–water partition coefficient (Wildman–Crippen LogP) is 1.93. The first kappa shape index (κ1) is 16.7. The van der Waals surface area contributed by atoms with Crippen LogP contribution in [0.25, 0.3) is 0 Å². The molecule has 6 heteroatoms. The monoisotopic (exact) mass is 305 g/mol. The molecule has 1 aromatic carbocycles. The molecule has 0 aromatic heterocycles. The molecule has 0 spiro atoms. The lowest BCUT2D eigenvalue weighted by Gasteiger charge is -2.32. The summed E-state index contributed by atoms with van der Waals surface area (Å²) < 4.78 is 26.4. The minimum atomic E-state index is -0.764. The average molecular weight is 305 g/mol. The Hall–Kier alpha value is -1.66. The standard InChI is InChI=1S/C16H21BFNO3/c1-6-13(20)19-10-11-8-7-9-12(14(11)18)17-21-15(2,3)16(4,5)22-17/h6-9H,1,10H2,2-5H3,(H,19,20). The maximum atomic E-state index is 14.6. The van der Waals surface area contributed by atoms with Gasteiger partial charge in [-0.15, -0.1) is 0 Å². The van der Waals surface area contributed by atoms with Crippen molar-refractivity contribution in [1.82, 2.24) is 5.32 Å². The number of carbonyl (C=O) groups excluding carboxylic acids is 1. The zero-order valence-electron chi connectivity index (χ0n) is 13.4. The molecule has 4 nitrogen and oxygen atoms in total. The van der Waals surface area contributed by atoms with Crippen LogP contribution >= 0.6 is 0 Å². The van der Waals surface area contributed by atoms with Crippen molar-refractivity contribution in [3.05, 3.63) is 42.2 Å². The molecule has 1 aromatic rings. The van der Waals surface area contributed by atoms with Crippen molar-refractivity contribution in [1.29, 1.82) is 0 Å². The second-order valence-electron chi connectivity index (χ2n) is 6.33. The van der Waals surface area contributed by atoms with Crippen molar-refractivity contribution in [2.75, 3.05) is 0 Å². The van der Waals surface area contributed by atoms with E-state index in [-0.39, 0.29) is 12.5 Å². The van der Waals surface area contributed by atoms with Crippen molar-refractivity contribution >= 4 is 18.5 Å². The van der Waals surface area contributed by atoms with Gasteiger partial charge in [0, 0.05) is 17.6 Å². The number of halogens is 1. The Labute approximate surface area is 130 Å². The molecular formula is C16H21BFNO3. The minimum Gasteiger partial charge on any atom is -0.399 e. The largest absolute Gasteiger partial charge is 0.497 e. The van der Waals surface area contributed by atoms with E-state index in [1.165, 1.54) is 0 Å². The molecule has 1 heterocycles. The molecule has 0 aliphatic carbocycles. The number of rotatable bonds is 4. The molecule has 0 unspecified atom stereocenters. The lowest BCUT2D eigenvalue weighted by molar-refractivity contribution is -0.116. The zero-order chi connectivity index (χ0) is 16.5. The maximum Gasteiger partial charge on any atom is 0.497 e. The fourth-order valence-corrected chi connectivity index (χ4v) is 2.14. The highest BCUT2D eigenvalue weighted by Crippen LogP contribution is 2.36. The van der Waals surface area contributed by atoms with E-state index in [1.54, 1.807) is 18.2 Å². The van der Waals surface area contributed by atoms with E-state index < -0.39 is 24.1 Å². The molecule has 0 bridgehead atoms. The van der Waals surface area contributed by atoms with Crippen LogP contribution in [0.4, 0.5) is 4.39 Å². The van der Waals surface area contributed by atoms with E-state index in [1.807, 2.05) is 27.7 Å². The predicted molar refractivity (Wildman–Crippen MR) is 84.2 cm³/mol. The van der Waals surface area contributed by atoms with Crippen LogP contribution in [0.15, 0.2) is 30.9 Å². The van der Waals surface area contributed by atoms with Gasteiger partial charge in [0.15, 0.2) is 0 Å². The molecule has 0 saturated carbocycles. The molecule has 1 aliphatic rings. The van der Waals surface area contributed by atoms with E-state index in [4.69, 9.17) is 9.31 Å². The normalized spacial score (nSPS) is 19.0. The van der Waals surface area contributed by atoms with Crippen LogP contribution in [0.2, 0.25) is 0 Å². The molecule has 0 radical (unpaired) electrons. The Morgan fingerprint density at radius 1 is 1.32 bits per heavy atom. The summed E-state index contributed by atoms with van der Waals surface area (Å²) in [6, 6.07) is 4.97. The van der Waals surface area contributed by atoms with Crippen LogP contribution in [-0.4, -0.2) is 24.2 Å². The fraction of sp³-hybridized carbons (Fsp3) is 0.438. The van der Waals surface area contributed by atoms with Gasteiger partial charge in [-0.05, 0) is 33.8 Å². The minimum absolute atomic E-state index is 0.0873. The molecule has 2 rings (SSSR count). The van der Waals surface area contributed by atoms with Crippen LogP contribution in [0.5, 0.6) is 0 Å². The molecule has 118 valence electrons. The quantitative estimate of drug-likeness (QED) is 0.683. The first-order valence-electron chi connectivity index (χ1n) is 7.21. The van der Waals surface area contributed by atoms with Gasteiger partial charge < -0.3 is 14.6 Å². The van der Waals surface area contributed by atoms with Gasteiger partial charge in [-0.1, -0.05) is 24.8 Å². The first-order valence-corrected chi connectivity index (χ1v) is 7.21. The summed E-state index contributed by atoms with van der Waals surface area (Å²) in [6.07, 6.45) is 1.15. The third-order valence-electron chi connectivity index (χ3n) is 4.25. The van der Waals surface area contributed by atoms with E-state index in [0.29, 0.717) is 11.0 Å². The summed E-state index contributed by atoms with van der Waals surface area (Å²) in [6.45, 7) is 11.1. The summed E-state index contributed by atoms with van der Waals surface area (Å²) in [5.74, 6) is -0.772. The number of carbonyl (C=O) groups is 1. The van der Waals surface area contributed by atoms with Gasteiger partial charge in [0.1, 0.15) is 5.82 Å². The number of hydrogen-bond donors (Lipinski definition) is 1. The number of benzene rings is 1. The Bertz CT molecular complexity index is 585. The number of amides is 1. The summed E-state index contributed by atoms with van der Waals surface area (Å²) >= 11 is 0. The Kier molecular flexibility index (Phi) is 4.45. The lowest BCUT2D eigenvalue weighted by Crippen LogP contribution is -2.41. The van der Waals surface area contributed by atoms with Gasteiger partial charge in [0.05, 0.1) is 11.2 Å². The lowest BCUT2D eigenvalue weighted by atomic mass is 9.78. The van der Waals surface area contributed by atoms with Crippen molar-refractivity contribution in [3.8, 4) is 0 Å². The highest BCUT2D eigenvalue weighted by Gasteiger charge is 2.52. The van der Waals surface area contributed by atoms with Gasteiger partial charge in [0.2, 0.25) is 5.91 Å². The van der Waals surface area contributed by atoms with Crippen LogP contribution in [-0.2, 0) is 20.6 Å². The van der Waals surface area contributed by atoms with E-state index in [2.05, 4.69) is 11.9 Å². The van der Waals surface area contributed by atoms with E-state index in [0.717, 1.165) is 6.08 Å². The molecule has 22 heavy (non-hydrogen) atoms. The maximum absolute atomic E-state index is 14.6. The summed E-state index contributed by atoms with van der Waals surface area (Å²) in [5.41, 5.74) is -0.347. The molecule has 1 saturated heterocycles. The van der Waals surface area contributed by atoms with Gasteiger partial charge >= 0.3 is 7.12 Å². The summed E-state index contributed by atoms with van der Waals surface area (Å²) in [4.78, 5) is 11.2. The SMILES string of the molecule is C=CC(=O)NCc1cccc(B2OC(C)(C)C(C)(C)O2)c1F. The Morgan fingerprint density at radius 3 is 2.45 bits per heavy atom. The second kappa shape index (κ2) is 5.86. The fourth-order valence-electron chi connectivity index (χ4n) is 2.14. The Morgan fingerprint density at radius 2 is 1.91 bits per heavy atom. The molecule has 0 atom stereocenters. The third-order valence-corrected chi connectivity index (χ3v) is 4.25. The zero-order valence-corrected chi connectivity index (χ0v) is 13.4.